The van der Waals surface area contributed by atoms with Crippen molar-refractivity contribution in [3.8, 4) is 0 Å². The van der Waals surface area contributed by atoms with Crippen molar-refractivity contribution >= 4 is 5.91 Å². The summed E-state index contributed by atoms with van der Waals surface area (Å²) in [5.41, 5.74) is 1.14. The molecule has 1 aliphatic heterocycles. The standard InChI is InChI=1S/C16H20FNO/c1-16(10-9-15(19)18-16)14-4-2-3-13(14)11-5-7-12(17)8-6-11/h5-8,13-14H,2-4,9-10H2,1H3,(H,18,19)/t13?,14?,16-/m0/s1. The number of benzene rings is 1. The molecule has 2 unspecified atom stereocenters. The topological polar surface area (TPSA) is 29.1 Å². The van der Waals surface area contributed by atoms with E-state index in [4.69, 9.17) is 0 Å². The van der Waals surface area contributed by atoms with Crippen LogP contribution < -0.4 is 5.32 Å². The molecule has 1 aromatic rings. The predicted molar refractivity (Wildman–Crippen MR) is 72.3 cm³/mol. The lowest BCUT2D eigenvalue weighted by Crippen LogP contribution is -2.46. The van der Waals surface area contributed by atoms with Crippen molar-refractivity contribution in [2.75, 3.05) is 0 Å². The third kappa shape index (κ3) is 2.26. The normalized spacial score (nSPS) is 34.5. The number of hydrogen-bond donors (Lipinski definition) is 1. The Morgan fingerprint density at radius 3 is 2.63 bits per heavy atom. The Morgan fingerprint density at radius 2 is 2.00 bits per heavy atom. The lowest BCUT2D eigenvalue weighted by Gasteiger charge is -2.35. The average molecular weight is 261 g/mol. The Bertz CT molecular complexity index is 484. The van der Waals surface area contributed by atoms with Crippen molar-refractivity contribution in [2.45, 2.75) is 50.5 Å². The van der Waals surface area contributed by atoms with Gasteiger partial charge in [-0.1, -0.05) is 18.6 Å². The van der Waals surface area contributed by atoms with Gasteiger partial charge < -0.3 is 5.32 Å². The number of carbonyl (C=O) groups is 1. The monoisotopic (exact) mass is 261 g/mol. The molecule has 3 atom stereocenters. The third-order valence-electron chi connectivity index (χ3n) is 4.93. The van der Waals surface area contributed by atoms with Gasteiger partial charge in [0.1, 0.15) is 5.82 Å². The number of nitrogens with one attached hydrogen (secondary N) is 1. The quantitative estimate of drug-likeness (QED) is 0.868. The van der Waals surface area contributed by atoms with Crippen LogP contribution >= 0.6 is 0 Å². The van der Waals surface area contributed by atoms with E-state index in [1.54, 1.807) is 12.1 Å². The van der Waals surface area contributed by atoms with Gasteiger partial charge in [0.2, 0.25) is 5.91 Å². The van der Waals surface area contributed by atoms with Crippen LogP contribution in [0.3, 0.4) is 0 Å². The van der Waals surface area contributed by atoms with Gasteiger partial charge in [0.25, 0.3) is 0 Å². The van der Waals surface area contributed by atoms with Gasteiger partial charge in [-0.2, -0.15) is 0 Å². The van der Waals surface area contributed by atoms with E-state index in [9.17, 15) is 9.18 Å². The molecule has 0 aromatic heterocycles. The molecule has 1 aromatic carbocycles. The second-order valence-electron chi connectivity index (χ2n) is 6.16. The van der Waals surface area contributed by atoms with Crippen molar-refractivity contribution in [3.05, 3.63) is 35.6 Å². The maximum atomic E-state index is 13.0. The molecule has 2 nitrogen and oxygen atoms in total. The van der Waals surface area contributed by atoms with Crippen LogP contribution in [-0.2, 0) is 4.79 Å². The summed E-state index contributed by atoms with van der Waals surface area (Å²) >= 11 is 0. The summed E-state index contributed by atoms with van der Waals surface area (Å²) in [7, 11) is 0. The van der Waals surface area contributed by atoms with Gasteiger partial charge >= 0.3 is 0 Å². The van der Waals surface area contributed by atoms with Crippen LogP contribution in [0.25, 0.3) is 0 Å². The van der Waals surface area contributed by atoms with Crippen LogP contribution in [0.5, 0.6) is 0 Å². The Morgan fingerprint density at radius 1 is 1.26 bits per heavy atom. The van der Waals surface area contributed by atoms with Crippen LogP contribution in [0.1, 0.15) is 50.5 Å². The van der Waals surface area contributed by atoms with Crippen molar-refractivity contribution in [3.63, 3.8) is 0 Å². The van der Waals surface area contributed by atoms with Crippen LogP contribution in [0.2, 0.25) is 0 Å². The summed E-state index contributed by atoms with van der Waals surface area (Å²) in [4.78, 5) is 11.5. The third-order valence-corrected chi connectivity index (χ3v) is 4.93. The second-order valence-corrected chi connectivity index (χ2v) is 6.16. The first-order valence-corrected chi connectivity index (χ1v) is 7.15. The van der Waals surface area contributed by atoms with E-state index >= 15 is 0 Å². The zero-order valence-electron chi connectivity index (χ0n) is 11.3. The first kappa shape index (κ1) is 12.6. The fraction of sp³-hybridized carbons (Fsp3) is 0.562. The van der Waals surface area contributed by atoms with Gasteiger partial charge in [0.05, 0.1) is 0 Å². The lowest BCUT2D eigenvalue weighted by atomic mass is 9.75. The molecule has 0 bridgehead atoms. The number of halogens is 1. The summed E-state index contributed by atoms with van der Waals surface area (Å²) in [6, 6.07) is 6.89. The van der Waals surface area contributed by atoms with Gasteiger partial charge in [0.15, 0.2) is 0 Å². The van der Waals surface area contributed by atoms with Gasteiger partial charge in [-0.25, -0.2) is 4.39 Å². The Kier molecular flexibility index (Phi) is 3.08. The van der Waals surface area contributed by atoms with Crippen molar-refractivity contribution in [2.24, 2.45) is 5.92 Å². The minimum Gasteiger partial charge on any atom is -0.351 e. The molecular weight excluding hydrogens is 241 g/mol. The van der Waals surface area contributed by atoms with Crippen LogP contribution in [0, 0.1) is 11.7 Å². The maximum absolute atomic E-state index is 13.0. The molecule has 1 heterocycles. The van der Waals surface area contributed by atoms with Gasteiger partial charge in [-0.15, -0.1) is 0 Å². The van der Waals surface area contributed by atoms with E-state index in [0.29, 0.717) is 18.3 Å². The molecular formula is C16H20FNO. The predicted octanol–water partition coefficient (Wildman–Crippen LogP) is 3.38. The van der Waals surface area contributed by atoms with Crippen molar-refractivity contribution < 1.29 is 9.18 Å². The summed E-state index contributed by atoms with van der Waals surface area (Å²) in [6.45, 7) is 2.17. The molecule has 1 aliphatic carbocycles. The first-order chi connectivity index (χ1) is 9.08. The van der Waals surface area contributed by atoms with Gasteiger partial charge in [-0.05, 0) is 55.7 Å². The minimum atomic E-state index is -0.182. The highest BCUT2D eigenvalue weighted by Crippen LogP contribution is 2.47. The van der Waals surface area contributed by atoms with Crippen molar-refractivity contribution in [1.29, 1.82) is 0 Å². The molecule has 2 aliphatic rings. The molecule has 1 amide bonds. The fourth-order valence-electron chi connectivity index (χ4n) is 3.93. The SMILES string of the molecule is C[C@@]1(C2CCCC2c2ccc(F)cc2)CCC(=O)N1. The van der Waals surface area contributed by atoms with Crippen LogP contribution in [0.4, 0.5) is 4.39 Å². The molecule has 0 radical (unpaired) electrons. The minimum absolute atomic E-state index is 0.0767. The molecule has 1 saturated carbocycles. The number of hydrogen-bond acceptors (Lipinski definition) is 1. The average Bonchev–Trinajstić information content (AvgIpc) is 2.98. The largest absolute Gasteiger partial charge is 0.351 e. The Balaban J connectivity index is 1.85. The highest BCUT2D eigenvalue weighted by Gasteiger charge is 2.45. The molecule has 102 valence electrons. The highest BCUT2D eigenvalue weighted by molar-refractivity contribution is 5.79. The molecule has 3 heteroatoms. The molecule has 2 fully saturated rings. The number of amides is 1. The van der Waals surface area contributed by atoms with E-state index in [0.717, 1.165) is 19.3 Å². The van der Waals surface area contributed by atoms with Gasteiger partial charge in [-0.3, -0.25) is 4.79 Å². The van der Waals surface area contributed by atoms with Crippen molar-refractivity contribution in [1.82, 2.24) is 5.32 Å². The Hall–Kier alpha value is -1.38. The van der Waals surface area contributed by atoms with Gasteiger partial charge in [0, 0.05) is 12.0 Å². The fourth-order valence-corrected chi connectivity index (χ4v) is 3.93. The zero-order chi connectivity index (χ0) is 13.5. The smallest absolute Gasteiger partial charge is 0.220 e. The summed E-state index contributed by atoms with van der Waals surface area (Å²) in [5.74, 6) is 0.916. The first-order valence-electron chi connectivity index (χ1n) is 7.15. The highest BCUT2D eigenvalue weighted by atomic mass is 19.1. The van der Waals surface area contributed by atoms with Crippen LogP contribution in [0.15, 0.2) is 24.3 Å². The number of rotatable bonds is 2. The molecule has 1 N–H and O–H groups in total. The molecule has 19 heavy (non-hydrogen) atoms. The van der Waals surface area contributed by atoms with E-state index in [2.05, 4.69) is 12.2 Å². The summed E-state index contributed by atoms with van der Waals surface area (Å²) in [5, 5.41) is 3.17. The van der Waals surface area contributed by atoms with Crippen LogP contribution in [-0.4, -0.2) is 11.4 Å². The van der Waals surface area contributed by atoms with E-state index in [1.807, 2.05) is 12.1 Å². The Labute approximate surface area is 113 Å². The summed E-state index contributed by atoms with van der Waals surface area (Å²) < 4.78 is 13.0. The van der Waals surface area contributed by atoms with E-state index in [1.165, 1.54) is 12.0 Å². The lowest BCUT2D eigenvalue weighted by molar-refractivity contribution is -0.120. The summed E-state index contributed by atoms with van der Waals surface area (Å²) in [6.07, 6.45) is 5.05. The zero-order valence-corrected chi connectivity index (χ0v) is 11.3. The number of carbonyl (C=O) groups excluding carboxylic acids is 1. The van der Waals surface area contributed by atoms with E-state index in [-0.39, 0.29) is 17.3 Å². The molecule has 0 spiro atoms. The maximum Gasteiger partial charge on any atom is 0.220 e. The second kappa shape index (κ2) is 4.62. The molecule has 3 rings (SSSR count). The molecule has 1 saturated heterocycles. The van der Waals surface area contributed by atoms with E-state index < -0.39 is 0 Å².